The van der Waals surface area contributed by atoms with Crippen molar-refractivity contribution in [2.75, 3.05) is 0 Å². The zero-order chi connectivity index (χ0) is 7.35. The summed E-state index contributed by atoms with van der Waals surface area (Å²) in [6.07, 6.45) is 3.90. The van der Waals surface area contributed by atoms with Gasteiger partial charge in [0.1, 0.15) is 0 Å². The van der Waals surface area contributed by atoms with E-state index in [-0.39, 0.29) is 0 Å². The summed E-state index contributed by atoms with van der Waals surface area (Å²) in [4.78, 5) is 0. The van der Waals surface area contributed by atoms with E-state index >= 15 is 0 Å². The lowest BCUT2D eigenvalue weighted by Crippen LogP contribution is -2.18. The molecule has 2 aliphatic carbocycles. The van der Waals surface area contributed by atoms with Crippen molar-refractivity contribution >= 4 is 0 Å². The fourth-order valence-electron chi connectivity index (χ4n) is 2.26. The fourth-order valence-corrected chi connectivity index (χ4v) is 2.26. The molecule has 0 bridgehead atoms. The van der Waals surface area contributed by atoms with Crippen molar-refractivity contribution < 1.29 is 5.11 Å². The lowest BCUT2D eigenvalue weighted by atomic mass is 10.0. The van der Waals surface area contributed by atoms with Crippen LogP contribution in [-0.4, -0.2) is 10.7 Å². The van der Waals surface area contributed by atoms with E-state index in [1.165, 1.54) is 24.8 Å². The second kappa shape index (κ2) is 1.65. The van der Waals surface area contributed by atoms with Crippen LogP contribution >= 0.6 is 0 Å². The Hall–Kier alpha value is -0.300. The molecule has 2 aliphatic rings. The standard InChI is InChI=1S/C9H14O/c1-9(2,10)8-6-4-3-5-7(6)8/h6,10H,3-5H2,1-2H3. The van der Waals surface area contributed by atoms with Crippen molar-refractivity contribution in [1.82, 2.24) is 0 Å². The normalized spacial score (nSPS) is 30.9. The van der Waals surface area contributed by atoms with E-state index in [1.54, 1.807) is 5.57 Å². The summed E-state index contributed by atoms with van der Waals surface area (Å²) in [6, 6.07) is 0. The largest absolute Gasteiger partial charge is 0.386 e. The zero-order valence-corrected chi connectivity index (χ0v) is 6.65. The molecule has 1 atom stereocenters. The first-order valence-corrected chi connectivity index (χ1v) is 4.06. The van der Waals surface area contributed by atoms with Crippen LogP contribution in [0.4, 0.5) is 0 Å². The topological polar surface area (TPSA) is 20.2 Å². The third-order valence-electron chi connectivity index (χ3n) is 2.63. The van der Waals surface area contributed by atoms with Crippen LogP contribution in [0.3, 0.4) is 0 Å². The molecule has 56 valence electrons. The average molecular weight is 138 g/mol. The van der Waals surface area contributed by atoms with Gasteiger partial charge in [-0.3, -0.25) is 0 Å². The van der Waals surface area contributed by atoms with Gasteiger partial charge in [0.25, 0.3) is 0 Å². The lowest BCUT2D eigenvalue weighted by Gasteiger charge is -2.14. The predicted octanol–water partition coefficient (Wildman–Crippen LogP) is 1.87. The second-order valence-electron chi connectivity index (χ2n) is 3.94. The summed E-state index contributed by atoms with van der Waals surface area (Å²) >= 11 is 0. The third kappa shape index (κ3) is 0.734. The Bertz CT molecular complexity index is 195. The molecule has 0 aromatic heterocycles. The van der Waals surface area contributed by atoms with Gasteiger partial charge in [0.05, 0.1) is 5.60 Å². The monoisotopic (exact) mass is 138 g/mol. The van der Waals surface area contributed by atoms with E-state index in [0.717, 1.165) is 5.92 Å². The van der Waals surface area contributed by atoms with E-state index in [9.17, 15) is 5.11 Å². The highest BCUT2D eigenvalue weighted by Crippen LogP contribution is 2.55. The quantitative estimate of drug-likeness (QED) is 0.548. The van der Waals surface area contributed by atoms with Gasteiger partial charge >= 0.3 is 0 Å². The number of rotatable bonds is 1. The van der Waals surface area contributed by atoms with Crippen LogP contribution in [0.2, 0.25) is 0 Å². The molecule has 10 heavy (non-hydrogen) atoms. The molecular formula is C9H14O. The number of hydrogen-bond donors (Lipinski definition) is 1. The van der Waals surface area contributed by atoms with Crippen LogP contribution in [0.15, 0.2) is 11.1 Å². The molecule has 1 fully saturated rings. The smallest absolute Gasteiger partial charge is 0.0809 e. The second-order valence-corrected chi connectivity index (χ2v) is 3.94. The molecule has 0 spiro atoms. The molecule has 0 radical (unpaired) electrons. The summed E-state index contributed by atoms with van der Waals surface area (Å²) in [5, 5.41) is 9.61. The van der Waals surface area contributed by atoms with Gasteiger partial charge < -0.3 is 5.11 Å². The van der Waals surface area contributed by atoms with Gasteiger partial charge in [0, 0.05) is 5.92 Å². The lowest BCUT2D eigenvalue weighted by molar-refractivity contribution is 0.120. The molecule has 1 saturated carbocycles. The van der Waals surface area contributed by atoms with E-state index < -0.39 is 5.60 Å². The molecule has 1 unspecified atom stereocenters. The highest BCUT2D eigenvalue weighted by Gasteiger charge is 2.46. The first-order valence-electron chi connectivity index (χ1n) is 4.06. The summed E-state index contributed by atoms with van der Waals surface area (Å²) in [5.41, 5.74) is 2.40. The van der Waals surface area contributed by atoms with Crippen molar-refractivity contribution in [3.63, 3.8) is 0 Å². The molecule has 0 aliphatic heterocycles. The first-order chi connectivity index (χ1) is 4.61. The zero-order valence-electron chi connectivity index (χ0n) is 6.65. The van der Waals surface area contributed by atoms with Crippen LogP contribution in [-0.2, 0) is 0 Å². The van der Waals surface area contributed by atoms with Crippen molar-refractivity contribution in [2.24, 2.45) is 5.92 Å². The SMILES string of the molecule is CC(C)(O)C1=C2CCCC21. The Morgan fingerprint density at radius 1 is 1.50 bits per heavy atom. The average Bonchev–Trinajstić information content (AvgIpc) is 2.30. The minimum Gasteiger partial charge on any atom is -0.386 e. The Morgan fingerprint density at radius 3 is 2.50 bits per heavy atom. The first kappa shape index (κ1) is 6.41. The molecular weight excluding hydrogens is 124 g/mol. The minimum absolute atomic E-state index is 0.513. The number of allylic oxidation sites excluding steroid dienone is 1. The molecule has 0 heterocycles. The van der Waals surface area contributed by atoms with Gasteiger partial charge in [0.2, 0.25) is 0 Å². The fraction of sp³-hybridized carbons (Fsp3) is 0.778. The highest BCUT2D eigenvalue weighted by atomic mass is 16.3. The summed E-state index contributed by atoms with van der Waals surface area (Å²) in [5.74, 6) is 0.722. The molecule has 2 rings (SSSR count). The Balaban J connectivity index is 2.17. The number of fused-ring (bicyclic) bond motifs is 1. The van der Waals surface area contributed by atoms with Crippen LogP contribution < -0.4 is 0 Å². The van der Waals surface area contributed by atoms with Crippen LogP contribution in [0.5, 0.6) is 0 Å². The van der Waals surface area contributed by atoms with Gasteiger partial charge in [-0.05, 0) is 38.7 Å². The molecule has 1 nitrogen and oxygen atoms in total. The number of hydrogen-bond acceptors (Lipinski definition) is 1. The van der Waals surface area contributed by atoms with Crippen LogP contribution in [0.1, 0.15) is 33.1 Å². The van der Waals surface area contributed by atoms with E-state index in [1.807, 2.05) is 13.8 Å². The minimum atomic E-state index is -0.513. The third-order valence-corrected chi connectivity index (χ3v) is 2.63. The molecule has 0 amide bonds. The highest BCUT2D eigenvalue weighted by molar-refractivity contribution is 5.48. The maximum atomic E-state index is 9.61. The molecule has 0 aromatic rings. The summed E-state index contributed by atoms with van der Waals surface area (Å²) < 4.78 is 0. The summed E-state index contributed by atoms with van der Waals surface area (Å²) in [7, 11) is 0. The van der Waals surface area contributed by atoms with Crippen LogP contribution in [0, 0.1) is 5.92 Å². The van der Waals surface area contributed by atoms with Crippen molar-refractivity contribution in [2.45, 2.75) is 38.7 Å². The van der Waals surface area contributed by atoms with Gasteiger partial charge in [-0.25, -0.2) is 0 Å². The van der Waals surface area contributed by atoms with Crippen molar-refractivity contribution in [3.05, 3.63) is 11.1 Å². The maximum Gasteiger partial charge on any atom is 0.0809 e. The Kier molecular flexibility index (Phi) is 1.06. The van der Waals surface area contributed by atoms with Gasteiger partial charge in [-0.15, -0.1) is 0 Å². The Morgan fingerprint density at radius 2 is 2.20 bits per heavy atom. The van der Waals surface area contributed by atoms with E-state index in [4.69, 9.17) is 0 Å². The van der Waals surface area contributed by atoms with E-state index in [0.29, 0.717) is 0 Å². The maximum absolute atomic E-state index is 9.61. The molecule has 0 aromatic carbocycles. The molecule has 0 saturated heterocycles. The summed E-state index contributed by atoms with van der Waals surface area (Å²) in [6.45, 7) is 3.79. The number of aliphatic hydroxyl groups is 1. The van der Waals surface area contributed by atoms with Gasteiger partial charge in [0.15, 0.2) is 0 Å². The van der Waals surface area contributed by atoms with Gasteiger partial charge in [-0.1, -0.05) is 5.57 Å². The van der Waals surface area contributed by atoms with E-state index in [2.05, 4.69) is 0 Å². The molecule has 1 N–H and O–H groups in total. The molecule has 1 heteroatoms. The van der Waals surface area contributed by atoms with Gasteiger partial charge in [-0.2, -0.15) is 0 Å². The van der Waals surface area contributed by atoms with Crippen LogP contribution in [0.25, 0.3) is 0 Å². The predicted molar refractivity (Wildman–Crippen MR) is 40.7 cm³/mol. The van der Waals surface area contributed by atoms with Crippen molar-refractivity contribution in [1.29, 1.82) is 0 Å². The Labute approximate surface area is 61.8 Å². The van der Waals surface area contributed by atoms with Crippen molar-refractivity contribution in [3.8, 4) is 0 Å².